The minimum atomic E-state index is -3.55. The van der Waals surface area contributed by atoms with Crippen molar-refractivity contribution in [3.63, 3.8) is 0 Å². The monoisotopic (exact) mass is 286 g/mol. The highest BCUT2D eigenvalue weighted by atomic mass is 32.2. The number of nitrogens with one attached hydrogen (secondary N) is 1. The molecule has 0 aromatic heterocycles. The van der Waals surface area contributed by atoms with Crippen molar-refractivity contribution in [2.45, 2.75) is 31.6 Å². The van der Waals surface area contributed by atoms with Gasteiger partial charge in [0.05, 0.1) is 7.11 Å². The zero-order valence-corrected chi connectivity index (χ0v) is 12.5. The Kier molecular flexibility index (Phi) is 5.78. The van der Waals surface area contributed by atoms with E-state index in [1.165, 1.54) is 7.11 Å². The number of unbranched alkanes of at least 4 members (excludes halogenated alkanes) is 1. The number of hydrogen-bond donors (Lipinski definition) is 2. The second-order valence-electron chi connectivity index (χ2n) is 4.51. The van der Waals surface area contributed by atoms with Crippen molar-refractivity contribution in [2.75, 3.05) is 20.2 Å². The topological polar surface area (TPSA) is 81.4 Å². The first-order valence-corrected chi connectivity index (χ1v) is 7.75. The third-order valence-corrected chi connectivity index (χ3v) is 4.44. The van der Waals surface area contributed by atoms with E-state index in [4.69, 9.17) is 10.5 Å². The second kappa shape index (κ2) is 6.88. The average Bonchev–Trinajstić information content (AvgIpc) is 2.33. The maximum atomic E-state index is 12.3. The van der Waals surface area contributed by atoms with Gasteiger partial charge in [0, 0.05) is 6.54 Å². The van der Waals surface area contributed by atoms with Gasteiger partial charge in [-0.3, -0.25) is 0 Å². The van der Waals surface area contributed by atoms with Gasteiger partial charge in [-0.1, -0.05) is 6.07 Å². The van der Waals surface area contributed by atoms with Crippen molar-refractivity contribution in [1.29, 1.82) is 0 Å². The standard InChI is InChI=1S/C13H22N2O3S/c1-10-8-11(2)13(12(9-10)18-3)19(16,17)15-7-5-4-6-14/h8-9,15H,4-7,14H2,1-3H3. The summed E-state index contributed by atoms with van der Waals surface area (Å²) < 4.78 is 32.3. The van der Waals surface area contributed by atoms with Crippen molar-refractivity contribution >= 4 is 10.0 Å². The molecule has 0 aliphatic rings. The number of hydrogen-bond acceptors (Lipinski definition) is 4. The lowest BCUT2D eigenvalue weighted by Gasteiger charge is -2.14. The van der Waals surface area contributed by atoms with Gasteiger partial charge >= 0.3 is 0 Å². The first kappa shape index (κ1) is 15.9. The molecule has 1 aromatic carbocycles. The van der Waals surface area contributed by atoms with Crippen LogP contribution in [0.4, 0.5) is 0 Å². The summed E-state index contributed by atoms with van der Waals surface area (Å²) in [5.41, 5.74) is 7.03. The highest BCUT2D eigenvalue weighted by molar-refractivity contribution is 7.89. The van der Waals surface area contributed by atoms with E-state index in [0.29, 0.717) is 24.4 Å². The zero-order valence-electron chi connectivity index (χ0n) is 11.7. The number of methoxy groups -OCH3 is 1. The fourth-order valence-corrected chi connectivity index (χ4v) is 3.41. The van der Waals surface area contributed by atoms with Gasteiger partial charge in [0.25, 0.3) is 0 Å². The molecule has 0 amide bonds. The Morgan fingerprint density at radius 1 is 1.26 bits per heavy atom. The molecule has 0 radical (unpaired) electrons. The summed E-state index contributed by atoms with van der Waals surface area (Å²) in [4.78, 5) is 0.216. The molecule has 19 heavy (non-hydrogen) atoms. The van der Waals surface area contributed by atoms with Crippen molar-refractivity contribution < 1.29 is 13.2 Å². The highest BCUT2D eigenvalue weighted by Crippen LogP contribution is 2.28. The smallest absolute Gasteiger partial charge is 0.244 e. The maximum absolute atomic E-state index is 12.3. The molecule has 0 unspecified atom stereocenters. The molecule has 0 aliphatic heterocycles. The van der Waals surface area contributed by atoms with Crippen LogP contribution in [0.1, 0.15) is 24.0 Å². The van der Waals surface area contributed by atoms with E-state index in [9.17, 15) is 8.42 Å². The summed E-state index contributed by atoms with van der Waals surface area (Å²) in [5.74, 6) is 0.379. The van der Waals surface area contributed by atoms with Crippen LogP contribution in [-0.2, 0) is 10.0 Å². The molecule has 0 atom stereocenters. The second-order valence-corrected chi connectivity index (χ2v) is 6.21. The van der Waals surface area contributed by atoms with Crippen molar-refractivity contribution in [2.24, 2.45) is 5.73 Å². The third kappa shape index (κ3) is 4.19. The van der Waals surface area contributed by atoms with Crippen LogP contribution in [0.3, 0.4) is 0 Å². The predicted octanol–water partition coefficient (Wildman–Crippen LogP) is 1.33. The molecule has 0 fully saturated rings. The molecule has 1 rings (SSSR count). The Bertz CT molecular complexity index is 527. The van der Waals surface area contributed by atoms with Crippen LogP contribution < -0.4 is 15.2 Å². The van der Waals surface area contributed by atoms with Gasteiger partial charge in [0.15, 0.2) is 0 Å². The normalized spacial score (nSPS) is 11.6. The molecule has 0 aliphatic carbocycles. The molecule has 0 saturated carbocycles. The maximum Gasteiger partial charge on any atom is 0.244 e. The van der Waals surface area contributed by atoms with Crippen LogP contribution >= 0.6 is 0 Å². The van der Waals surface area contributed by atoms with Crippen LogP contribution in [0.5, 0.6) is 5.75 Å². The summed E-state index contributed by atoms with van der Waals surface area (Å²) in [7, 11) is -2.07. The van der Waals surface area contributed by atoms with Gasteiger partial charge < -0.3 is 10.5 Å². The number of ether oxygens (including phenoxy) is 1. The summed E-state index contributed by atoms with van der Waals surface area (Å²) in [6, 6.07) is 3.55. The predicted molar refractivity (Wildman–Crippen MR) is 75.9 cm³/mol. The Balaban J connectivity index is 3.00. The molecule has 0 bridgehead atoms. The lowest BCUT2D eigenvalue weighted by atomic mass is 10.1. The summed E-state index contributed by atoms with van der Waals surface area (Å²) >= 11 is 0. The minimum Gasteiger partial charge on any atom is -0.495 e. The lowest BCUT2D eigenvalue weighted by molar-refractivity contribution is 0.401. The first-order valence-electron chi connectivity index (χ1n) is 6.27. The van der Waals surface area contributed by atoms with Crippen LogP contribution in [0, 0.1) is 13.8 Å². The number of rotatable bonds is 7. The number of aryl methyl sites for hydroxylation is 2. The molecule has 1 aromatic rings. The van der Waals surface area contributed by atoms with Crippen LogP contribution in [0.25, 0.3) is 0 Å². The van der Waals surface area contributed by atoms with Crippen molar-refractivity contribution in [3.8, 4) is 5.75 Å². The zero-order chi connectivity index (χ0) is 14.5. The van der Waals surface area contributed by atoms with Crippen molar-refractivity contribution in [3.05, 3.63) is 23.3 Å². The Hall–Kier alpha value is -1.11. The van der Waals surface area contributed by atoms with Gasteiger partial charge in [0.2, 0.25) is 10.0 Å². The Labute approximate surface area is 115 Å². The van der Waals surface area contributed by atoms with E-state index in [-0.39, 0.29) is 4.90 Å². The average molecular weight is 286 g/mol. The molecule has 3 N–H and O–H groups in total. The van der Waals surface area contributed by atoms with Gasteiger partial charge in [0.1, 0.15) is 10.6 Å². The summed E-state index contributed by atoms with van der Waals surface area (Å²) in [6.45, 7) is 4.62. The highest BCUT2D eigenvalue weighted by Gasteiger charge is 2.21. The number of sulfonamides is 1. The SMILES string of the molecule is COc1cc(C)cc(C)c1S(=O)(=O)NCCCCN. The van der Waals surface area contributed by atoms with E-state index in [2.05, 4.69) is 4.72 Å². The van der Waals surface area contributed by atoms with Gasteiger partial charge in [-0.15, -0.1) is 0 Å². The largest absolute Gasteiger partial charge is 0.495 e. The molecule has 0 saturated heterocycles. The lowest BCUT2D eigenvalue weighted by Crippen LogP contribution is -2.26. The van der Waals surface area contributed by atoms with Gasteiger partial charge in [-0.25, -0.2) is 13.1 Å². The van der Waals surface area contributed by atoms with Gasteiger partial charge in [-0.2, -0.15) is 0 Å². The number of nitrogens with two attached hydrogens (primary N) is 1. The molecular weight excluding hydrogens is 264 g/mol. The number of benzene rings is 1. The van der Waals surface area contributed by atoms with E-state index in [0.717, 1.165) is 18.4 Å². The van der Waals surface area contributed by atoms with E-state index in [1.54, 1.807) is 13.0 Å². The molecule has 0 heterocycles. The van der Waals surface area contributed by atoms with E-state index < -0.39 is 10.0 Å². The van der Waals surface area contributed by atoms with E-state index in [1.807, 2.05) is 13.0 Å². The first-order chi connectivity index (χ1) is 8.92. The molecule has 108 valence electrons. The summed E-state index contributed by atoms with van der Waals surface area (Å²) in [5, 5.41) is 0. The van der Waals surface area contributed by atoms with Gasteiger partial charge in [-0.05, 0) is 50.4 Å². The van der Waals surface area contributed by atoms with Crippen LogP contribution in [0.15, 0.2) is 17.0 Å². The van der Waals surface area contributed by atoms with Crippen molar-refractivity contribution in [1.82, 2.24) is 4.72 Å². The minimum absolute atomic E-state index is 0.216. The third-order valence-electron chi connectivity index (χ3n) is 2.80. The van der Waals surface area contributed by atoms with Crippen LogP contribution in [-0.4, -0.2) is 28.6 Å². The fourth-order valence-electron chi connectivity index (χ4n) is 1.96. The molecule has 0 spiro atoms. The van der Waals surface area contributed by atoms with Crippen LogP contribution in [0.2, 0.25) is 0 Å². The quantitative estimate of drug-likeness (QED) is 0.741. The fraction of sp³-hybridized carbons (Fsp3) is 0.538. The molecule has 6 heteroatoms. The molecule has 5 nitrogen and oxygen atoms in total. The Morgan fingerprint density at radius 3 is 2.53 bits per heavy atom. The Morgan fingerprint density at radius 2 is 1.95 bits per heavy atom. The summed E-state index contributed by atoms with van der Waals surface area (Å²) in [6.07, 6.45) is 1.52. The molecular formula is C13H22N2O3S. The van der Waals surface area contributed by atoms with E-state index >= 15 is 0 Å².